The van der Waals surface area contributed by atoms with Crippen molar-refractivity contribution in [3.05, 3.63) is 35.9 Å². The van der Waals surface area contributed by atoms with Crippen molar-refractivity contribution in [3.8, 4) is 0 Å². The Labute approximate surface area is 171 Å². The van der Waals surface area contributed by atoms with Crippen molar-refractivity contribution in [1.82, 2.24) is 15.0 Å². The van der Waals surface area contributed by atoms with Gasteiger partial charge in [-0.3, -0.25) is 4.79 Å². The predicted molar refractivity (Wildman–Crippen MR) is 114 cm³/mol. The van der Waals surface area contributed by atoms with Crippen molar-refractivity contribution in [2.24, 2.45) is 5.73 Å². The summed E-state index contributed by atoms with van der Waals surface area (Å²) in [7, 11) is 0. The van der Waals surface area contributed by atoms with E-state index in [-0.39, 0.29) is 0 Å². The van der Waals surface area contributed by atoms with Crippen LogP contribution in [0.2, 0.25) is 0 Å². The molecule has 0 radical (unpaired) electrons. The van der Waals surface area contributed by atoms with E-state index in [2.05, 4.69) is 25.1 Å². The van der Waals surface area contributed by atoms with Crippen LogP contribution in [0.25, 0.3) is 0 Å². The van der Waals surface area contributed by atoms with E-state index in [4.69, 9.17) is 10.7 Å². The van der Waals surface area contributed by atoms with Crippen LogP contribution in [0.15, 0.2) is 30.3 Å². The summed E-state index contributed by atoms with van der Waals surface area (Å²) >= 11 is 0. The molecule has 3 heterocycles. The Kier molecular flexibility index (Phi) is 6.07. The Morgan fingerprint density at radius 3 is 1.83 bits per heavy atom. The summed E-state index contributed by atoms with van der Waals surface area (Å²) in [4.78, 5) is 30.7. The van der Waals surface area contributed by atoms with E-state index < -0.39 is 11.9 Å². The zero-order valence-corrected chi connectivity index (χ0v) is 16.8. The van der Waals surface area contributed by atoms with Crippen molar-refractivity contribution in [1.29, 1.82) is 0 Å². The second-order valence-electron chi connectivity index (χ2n) is 7.74. The second kappa shape index (κ2) is 9.07. The molecule has 29 heavy (non-hydrogen) atoms. The topological polar surface area (TPSA) is 100 Å². The van der Waals surface area contributed by atoms with E-state index in [9.17, 15) is 4.79 Å². The highest BCUT2D eigenvalue weighted by atomic mass is 16.1. The fourth-order valence-electron chi connectivity index (χ4n) is 3.98. The lowest BCUT2D eigenvalue weighted by atomic mass is 10.1. The van der Waals surface area contributed by atoms with E-state index in [1.54, 1.807) is 0 Å². The molecule has 8 heteroatoms. The minimum Gasteiger partial charge on any atom is -0.368 e. The van der Waals surface area contributed by atoms with Gasteiger partial charge in [-0.25, -0.2) is 0 Å². The first kappa shape index (κ1) is 19.4. The number of hydrogen-bond acceptors (Lipinski definition) is 7. The van der Waals surface area contributed by atoms with Gasteiger partial charge in [0.25, 0.3) is 0 Å². The molecule has 1 unspecified atom stereocenters. The summed E-state index contributed by atoms with van der Waals surface area (Å²) in [6.07, 6.45) is 7.04. The van der Waals surface area contributed by atoms with Crippen molar-refractivity contribution in [3.63, 3.8) is 0 Å². The number of rotatable bonds is 6. The van der Waals surface area contributed by atoms with E-state index >= 15 is 0 Å². The number of aromatic nitrogens is 3. The van der Waals surface area contributed by atoms with Gasteiger partial charge in [0.15, 0.2) is 0 Å². The lowest BCUT2D eigenvalue weighted by Gasteiger charge is -2.30. The van der Waals surface area contributed by atoms with Crippen molar-refractivity contribution in [2.75, 3.05) is 41.3 Å². The van der Waals surface area contributed by atoms with Gasteiger partial charge in [0, 0.05) is 26.2 Å². The van der Waals surface area contributed by atoms with Crippen LogP contribution in [0.5, 0.6) is 0 Å². The summed E-state index contributed by atoms with van der Waals surface area (Å²) < 4.78 is 0. The fourth-order valence-corrected chi connectivity index (χ4v) is 3.98. The first-order chi connectivity index (χ1) is 14.2. The van der Waals surface area contributed by atoms with Gasteiger partial charge in [0.2, 0.25) is 23.8 Å². The normalized spacial score (nSPS) is 18.3. The molecule has 0 aliphatic carbocycles. The second-order valence-corrected chi connectivity index (χ2v) is 7.74. The van der Waals surface area contributed by atoms with Gasteiger partial charge in [-0.05, 0) is 44.1 Å². The standard InChI is InChI=1S/C21H29N7O/c22-18(29)17(16-10-4-1-5-11-16)23-19-24-20(27-12-6-2-7-13-27)26-21(25-19)28-14-8-3-9-15-28/h1,4-5,10-11,17H,2-3,6-9,12-15H2,(H2,22,29)(H,23,24,25,26). The molecule has 8 nitrogen and oxygen atoms in total. The molecule has 1 aromatic heterocycles. The maximum absolute atomic E-state index is 12.1. The molecular weight excluding hydrogens is 366 g/mol. The monoisotopic (exact) mass is 395 g/mol. The van der Waals surface area contributed by atoms with Crippen LogP contribution in [-0.2, 0) is 4.79 Å². The number of piperidine rings is 2. The Morgan fingerprint density at radius 1 is 0.828 bits per heavy atom. The fraction of sp³-hybridized carbons (Fsp3) is 0.524. The van der Waals surface area contributed by atoms with Gasteiger partial charge in [-0.1, -0.05) is 30.3 Å². The highest BCUT2D eigenvalue weighted by molar-refractivity contribution is 5.84. The number of carbonyl (C=O) groups is 1. The van der Waals surface area contributed by atoms with E-state index in [1.807, 2.05) is 30.3 Å². The molecule has 0 saturated carbocycles. The van der Waals surface area contributed by atoms with Gasteiger partial charge in [-0.15, -0.1) is 0 Å². The van der Waals surface area contributed by atoms with Crippen molar-refractivity contribution >= 4 is 23.8 Å². The van der Waals surface area contributed by atoms with Gasteiger partial charge < -0.3 is 20.9 Å². The Morgan fingerprint density at radius 2 is 1.34 bits per heavy atom. The number of anilines is 3. The summed E-state index contributed by atoms with van der Waals surface area (Å²) in [6, 6.07) is 8.74. The Hall–Kier alpha value is -2.90. The molecule has 0 bridgehead atoms. The molecule has 4 rings (SSSR count). The van der Waals surface area contributed by atoms with Gasteiger partial charge in [-0.2, -0.15) is 15.0 Å². The smallest absolute Gasteiger partial charge is 0.244 e. The highest BCUT2D eigenvalue weighted by Gasteiger charge is 2.23. The molecule has 3 N–H and O–H groups in total. The predicted octanol–water partition coefficient (Wildman–Crippen LogP) is 2.49. The summed E-state index contributed by atoms with van der Waals surface area (Å²) in [5.74, 6) is 1.29. The molecule has 2 aliphatic rings. The van der Waals surface area contributed by atoms with Crippen LogP contribution in [0.4, 0.5) is 17.8 Å². The molecule has 2 aliphatic heterocycles. The average molecular weight is 396 g/mol. The van der Waals surface area contributed by atoms with Crippen molar-refractivity contribution < 1.29 is 4.79 Å². The molecule has 2 aromatic rings. The van der Waals surface area contributed by atoms with Crippen LogP contribution >= 0.6 is 0 Å². The van der Waals surface area contributed by atoms with Crippen LogP contribution in [-0.4, -0.2) is 47.0 Å². The third-order valence-corrected chi connectivity index (χ3v) is 5.58. The minimum atomic E-state index is -0.693. The number of benzene rings is 1. The summed E-state index contributed by atoms with van der Waals surface area (Å²) in [5.41, 5.74) is 6.48. The summed E-state index contributed by atoms with van der Waals surface area (Å²) in [6.45, 7) is 3.78. The van der Waals surface area contributed by atoms with E-state index in [0.29, 0.717) is 17.8 Å². The summed E-state index contributed by atoms with van der Waals surface area (Å²) in [5, 5.41) is 3.16. The zero-order chi connectivity index (χ0) is 20.1. The SMILES string of the molecule is NC(=O)C(Nc1nc(N2CCCCC2)nc(N2CCCCC2)n1)c1ccccc1. The number of nitrogens with zero attached hydrogens (tertiary/aromatic N) is 5. The lowest BCUT2D eigenvalue weighted by Crippen LogP contribution is -2.35. The van der Waals surface area contributed by atoms with Gasteiger partial charge >= 0.3 is 0 Å². The van der Waals surface area contributed by atoms with Crippen LogP contribution in [0, 0.1) is 0 Å². The average Bonchev–Trinajstić information content (AvgIpc) is 2.79. The molecule has 1 atom stereocenters. The van der Waals surface area contributed by atoms with Crippen LogP contribution < -0.4 is 20.9 Å². The quantitative estimate of drug-likeness (QED) is 0.775. The minimum absolute atomic E-state index is 0.397. The number of carbonyl (C=O) groups excluding carboxylic acids is 1. The number of amides is 1. The number of hydrogen-bond donors (Lipinski definition) is 2. The maximum atomic E-state index is 12.1. The number of nitrogens with one attached hydrogen (secondary N) is 1. The molecule has 1 aromatic carbocycles. The number of nitrogens with two attached hydrogens (primary N) is 1. The molecule has 2 fully saturated rings. The molecule has 2 saturated heterocycles. The maximum Gasteiger partial charge on any atom is 0.244 e. The van der Waals surface area contributed by atoms with Crippen LogP contribution in [0.3, 0.4) is 0 Å². The van der Waals surface area contributed by atoms with E-state index in [0.717, 1.165) is 57.4 Å². The van der Waals surface area contributed by atoms with Gasteiger partial charge in [0.05, 0.1) is 0 Å². The third kappa shape index (κ3) is 4.75. The first-order valence-electron chi connectivity index (χ1n) is 10.6. The molecule has 0 spiro atoms. The van der Waals surface area contributed by atoms with Crippen LogP contribution in [0.1, 0.15) is 50.1 Å². The third-order valence-electron chi connectivity index (χ3n) is 5.58. The zero-order valence-electron chi connectivity index (χ0n) is 16.8. The highest BCUT2D eigenvalue weighted by Crippen LogP contribution is 2.24. The van der Waals surface area contributed by atoms with E-state index in [1.165, 1.54) is 12.8 Å². The Balaban J connectivity index is 1.65. The largest absolute Gasteiger partial charge is 0.368 e. The number of primary amides is 1. The van der Waals surface area contributed by atoms with Crippen molar-refractivity contribution in [2.45, 2.75) is 44.6 Å². The van der Waals surface area contributed by atoms with Gasteiger partial charge in [0.1, 0.15) is 6.04 Å². The lowest BCUT2D eigenvalue weighted by molar-refractivity contribution is -0.118. The molecular formula is C21H29N7O. The Bertz CT molecular complexity index is 781. The molecule has 1 amide bonds. The molecule has 154 valence electrons. The first-order valence-corrected chi connectivity index (χ1v) is 10.6.